The summed E-state index contributed by atoms with van der Waals surface area (Å²) < 4.78 is 10.5. The van der Waals surface area contributed by atoms with Crippen LogP contribution >= 0.6 is 0 Å². The van der Waals surface area contributed by atoms with Gasteiger partial charge in [-0.15, -0.1) is 0 Å². The van der Waals surface area contributed by atoms with Crippen molar-refractivity contribution in [3.05, 3.63) is 59.7 Å². The molecule has 0 heterocycles. The van der Waals surface area contributed by atoms with E-state index in [0.29, 0.717) is 17.9 Å². The van der Waals surface area contributed by atoms with Crippen LogP contribution in [-0.4, -0.2) is 25.1 Å². The van der Waals surface area contributed by atoms with Gasteiger partial charge in [0.2, 0.25) is 5.91 Å². The molecule has 0 spiro atoms. The Kier molecular flexibility index (Phi) is 6.37. The fourth-order valence-corrected chi connectivity index (χ4v) is 2.06. The van der Waals surface area contributed by atoms with Gasteiger partial charge in [-0.3, -0.25) is 4.79 Å². The molecular formula is C19H21NO4. The van der Waals surface area contributed by atoms with Crippen molar-refractivity contribution in [3.8, 4) is 5.75 Å². The van der Waals surface area contributed by atoms with Gasteiger partial charge in [0, 0.05) is 5.69 Å². The van der Waals surface area contributed by atoms with E-state index in [1.165, 1.54) is 0 Å². The number of nitrogens with one attached hydrogen (secondary N) is 1. The third kappa shape index (κ3) is 5.43. The minimum absolute atomic E-state index is 0.178. The zero-order chi connectivity index (χ0) is 17.4. The first-order valence-electron chi connectivity index (χ1n) is 7.85. The van der Waals surface area contributed by atoms with Crippen LogP contribution in [0.5, 0.6) is 5.75 Å². The predicted octanol–water partition coefficient (Wildman–Crippen LogP) is 3.58. The third-order valence-electron chi connectivity index (χ3n) is 3.28. The molecule has 2 rings (SSSR count). The van der Waals surface area contributed by atoms with Gasteiger partial charge >= 0.3 is 5.97 Å². The van der Waals surface area contributed by atoms with Crippen LogP contribution in [0.1, 0.15) is 29.3 Å². The molecule has 5 heteroatoms. The van der Waals surface area contributed by atoms with Crippen LogP contribution < -0.4 is 10.1 Å². The highest BCUT2D eigenvalue weighted by atomic mass is 16.5. The van der Waals surface area contributed by atoms with E-state index >= 15 is 0 Å². The lowest BCUT2D eigenvalue weighted by molar-refractivity contribution is -0.116. The minimum atomic E-state index is -0.406. The fraction of sp³-hybridized carbons (Fsp3) is 0.263. The molecule has 0 saturated heterocycles. The summed E-state index contributed by atoms with van der Waals surface area (Å²) in [5, 5.41) is 2.75. The monoisotopic (exact) mass is 327 g/mol. The lowest BCUT2D eigenvalue weighted by atomic mass is 10.2. The number of carbonyl (C=O) groups is 2. The largest absolute Gasteiger partial charge is 0.493 e. The standard InChI is InChI=1S/C19H21NO4/c1-3-23-19(22)15-5-4-6-16(13-15)20-18(21)11-12-24-17-9-7-14(2)8-10-17/h4-10,13H,3,11-12H2,1-2H3,(H,20,21). The summed E-state index contributed by atoms with van der Waals surface area (Å²) in [6.45, 7) is 4.34. The smallest absolute Gasteiger partial charge is 0.338 e. The minimum Gasteiger partial charge on any atom is -0.493 e. The number of benzene rings is 2. The second-order valence-corrected chi connectivity index (χ2v) is 5.26. The molecule has 0 radical (unpaired) electrons. The molecule has 0 fully saturated rings. The third-order valence-corrected chi connectivity index (χ3v) is 3.28. The number of aryl methyl sites for hydroxylation is 1. The summed E-state index contributed by atoms with van der Waals surface area (Å²) in [7, 11) is 0. The molecule has 5 nitrogen and oxygen atoms in total. The van der Waals surface area contributed by atoms with E-state index < -0.39 is 5.97 Å². The summed E-state index contributed by atoms with van der Waals surface area (Å²) >= 11 is 0. The van der Waals surface area contributed by atoms with E-state index in [0.717, 1.165) is 11.3 Å². The number of amides is 1. The number of carbonyl (C=O) groups excluding carboxylic acids is 2. The van der Waals surface area contributed by atoms with Crippen molar-refractivity contribution in [2.75, 3.05) is 18.5 Å². The van der Waals surface area contributed by atoms with E-state index in [2.05, 4.69) is 5.32 Å². The van der Waals surface area contributed by atoms with E-state index in [1.54, 1.807) is 31.2 Å². The molecule has 0 atom stereocenters. The van der Waals surface area contributed by atoms with Gasteiger partial charge < -0.3 is 14.8 Å². The molecule has 0 unspecified atom stereocenters. The number of ether oxygens (including phenoxy) is 2. The topological polar surface area (TPSA) is 64.6 Å². The second-order valence-electron chi connectivity index (χ2n) is 5.26. The highest BCUT2D eigenvalue weighted by Gasteiger charge is 2.08. The Morgan fingerprint density at radius 1 is 1.08 bits per heavy atom. The highest BCUT2D eigenvalue weighted by Crippen LogP contribution is 2.13. The maximum absolute atomic E-state index is 12.0. The highest BCUT2D eigenvalue weighted by molar-refractivity contribution is 5.94. The van der Waals surface area contributed by atoms with E-state index in [1.807, 2.05) is 31.2 Å². The van der Waals surface area contributed by atoms with Gasteiger partial charge in [-0.2, -0.15) is 0 Å². The van der Waals surface area contributed by atoms with Crippen molar-refractivity contribution < 1.29 is 19.1 Å². The van der Waals surface area contributed by atoms with Gasteiger partial charge in [0.15, 0.2) is 0 Å². The van der Waals surface area contributed by atoms with Crippen molar-refractivity contribution in [1.29, 1.82) is 0 Å². The van der Waals surface area contributed by atoms with Crippen LogP contribution in [0.25, 0.3) is 0 Å². The quantitative estimate of drug-likeness (QED) is 0.790. The molecule has 2 aromatic carbocycles. The maximum atomic E-state index is 12.0. The Bertz CT molecular complexity index is 695. The fourth-order valence-electron chi connectivity index (χ4n) is 2.06. The first-order chi connectivity index (χ1) is 11.6. The molecule has 0 aliphatic carbocycles. The van der Waals surface area contributed by atoms with Gasteiger partial charge in [0.25, 0.3) is 0 Å². The SMILES string of the molecule is CCOC(=O)c1cccc(NC(=O)CCOc2ccc(C)cc2)c1. The van der Waals surface area contributed by atoms with Crippen LogP contribution in [0.4, 0.5) is 5.69 Å². The van der Waals surface area contributed by atoms with Crippen LogP contribution in [0.2, 0.25) is 0 Å². The van der Waals surface area contributed by atoms with Gasteiger partial charge in [0.05, 0.1) is 25.2 Å². The van der Waals surface area contributed by atoms with Gasteiger partial charge in [-0.05, 0) is 44.2 Å². The van der Waals surface area contributed by atoms with Crippen molar-refractivity contribution in [2.45, 2.75) is 20.3 Å². The zero-order valence-electron chi connectivity index (χ0n) is 13.9. The zero-order valence-corrected chi connectivity index (χ0v) is 13.9. The molecule has 0 aliphatic heterocycles. The summed E-state index contributed by atoms with van der Waals surface area (Å²) in [4.78, 5) is 23.6. The average molecular weight is 327 g/mol. The molecule has 1 N–H and O–H groups in total. The van der Waals surface area contributed by atoms with Gasteiger partial charge in [0.1, 0.15) is 5.75 Å². The normalized spacial score (nSPS) is 10.1. The predicted molar refractivity (Wildman–Crippen MR) is 92.3 cm³/mol. The number of hydrogen-bond donors (Lipinski definition) is 1. The maximum Gasteiger partial charge on any atom is 0.338 e. The van der Waals surface area contributed by atoms with Crippen molar-refractivity contribution in [3.63, 3.8) is 0 Å². The number of esters is 1. The second kappa shape index (κ2) is 8.72. The van der Waals surface area contributed by atoms with Crippen LogP contribution in [0, 0.1) is 6.92 Å². The molecule has 1 amide bonds. The Labute approximate surface area is 141 Å². The molecule has 24 heavy (non-hydrogen) atoms. The average Bonchev–Trinajstić information content (AvgIpc) is 2.57. The van der Waals surface area contributed by atoms with Gasteiger partial charge in [-0.1, -0.05) is 23.8 Å². The lowest BCUT2D eigenvalue weighted by Gasteiger charge is -2.08. The van der Waals surface area contributed by atoms with Crippen LogP contribution in [0.15, 0.2) is 48.5 Å². The Morgan fingerprint density at radius 2 is 1.83 bits per heavy atom. The first-order valence-corrected chi connectivity index (χ1v) is 7.85. The molecular weight excluding hydrogens is 306 g/mol. The van der Waals surface area contributed by atoms with Crippen molar-refractivity contribution >= 4 is 17.6 Å². The summed E-state index contributed by atoms with van der Waals surface area (Å²) in [5.74, 6) is 0.150. The first kappa shape index (κ1) is 17.5. The van der Waals surface area contributed by atoms with Crippen molar-refractivity contribution in [2.24, 2.45) is 0 Å². The summed E-state index contributed by atoms with van der Waals surface area (Å²) in [5.41, 5.74) is 2.12. The number of anilines is 1. The van der Waals surface area contributed by atoms with E-state index in [9.17, 15) is 9.59 Å². The molecule has 0 bridgehead atoms. The van der Waals surface area contributed by atoms with Crippen LogP contribution in [-0.2, 0) is 9.53 Å². The lowest BCUT2D eigenvalue weighted by Crippen LogP contribution is -2.15. The Hall–Kier alpha value is -2.82. The van der Waals surface area contributed by atoms with E-state index in [-0.39, 0.29) is 18.9 Å². The Balaban J connectivity index is 1.82. The molecule has 0 aliphatic rings. The molecule has 2 aromatic rings. The van der Waals surface area contributed by atoms with E-state index in [4.69, 9.17) is 9.47 Å². The van der Waals surface area contributed by atoms with Gasteiger partial charge in [-0.25, -0.2) is 4.79 Å². The molecule has 126 valence electrons. The Morgan fingerprint density at radius 3 is 2.54 bits per heavy atom. The molecule has 0 saturated carbocycles. The number of rotatable bonds is 7. The van der Waals surface area contributed by atoms with Crippen LogP contribution in [0.3, 0.4) is 0 Å². The number of hydrogen-bond acceptors (Lipinski definition) is 4. The van der Waals surface area contributed by atoms with Crippen molar-refractivity contribution in [1.82, 2.24) is 0 Å². The summed E-state index contributed by atoms with van der Waals surface area (Å²) in [6, 6.07) is 14.3. The molecule has 0 aromatic heterocycles. The summed E-state index contributed by atoms with van der Waals surface area (Å²) in [6.07, 6.45) is 0.220.